The minimum absolute atomic E-state index is 0.0976. The first-order valence-corrected chi connectivity index (χ1v) is 8.01. The van der Waals surface area contributed by atoms with E-state index in [-0.39, 0.29) is 23.4 Å². The summed E-state index contributed by atoms with van der Waals surface area (Å²) in [5.41, 5.74) is 1.00. The van der Waals surface area contributed by atoms with Crippen LogP contribution in [0.5, 0.6) is 0 Å². The van der Waals surface area contributed by atoms with Crippen molar-refractivity contribution in [2.75, 3.05) is 0 Å². The Morgan fingerprint density at radius 1 is 0.957 bits per heavy atom. The molecule has 0 saturated carbocycles. The van der Waals surface area contributed by atoms with Crippen molar-refractivity contribution in [2.45, 2.75) is 39.9 Å². The third-order valence-corrected chi connectivity index (χ3v) is 3.78. The van der Waals surface area contributed by atoms with Gasteiger partial charge in [-0.3, -0.25) is 9.59 Å². The maximum absolute atomic E-state index is 12.3. The number of carbonyl (C=O) groups is 2. The van der Waals surface area contributed by atoms with E-state index in [4.69, 9.17) is 9.31 Å². The Kier molecular flexibility index (Phi) is 5.91. The summed E-state index contributed by atoms with van der Waals surface area (Å²) in [7, 11) is -0.685. The van der Waals surface area contributed by atoms with Crippen LogP contribution in [0.15, 0.2) is 36.3 Å². The number of ketones is 2. The van der Waals surface area contributed by atoms with Crippen LogP contribution in [0.3, 0.4) is 0 Å². The van der Waals surface area contributed by atoms with E-state index in [0.717, 1.165) is 5.56 Å². The van der Waals surface area contributed by atoms with Crippen LogP contribution in [0.4, 0.5) is 0 Å². The molecule has 1 heterocycles. The fraction of sp³-hybridized carbons (Fsp3) is 0.444. The van der Waals surface area contributed by atoms with E-state index < -0.39 is 19.3 Å². The highest BCUT2D eigenvalue weighted by atomic mass is 16.7. The van der Waals surface area contributed by atoms with E-state index in [1.807, 2.05) is 36.4 Å². The molecule has 1 aromatic carbocycles. The van der Waals surface area contributed by atoms with Crippen LogP contribution in [0.25, 0.3) is 6.08 Å². The van der Waals surface area contributed by atoms with Gasteiger partial charge in [0.25, 0.3) is 0 Å². The lowest BCUT2D eigenvalue weighted by Gasteiger charge is -2.19. The highest BCUT2D eigenvalue weighted by Gasteiger charge is 2.46. The lowest BCUT2D eigenvalue weighted by atomic mass is 9.89. The molecule has 2 rings (SSSR count). The molecule has 0 aliphatic carbocycles. The van der Waals surface area contributed by atoms with Crippen molar-refractivity contribution in [3.8, 4) is 0 Å². The zero-order valence-electron chi connectivity index (χ0n) is 14.1. The molecule has 1 aliphatic heterocycles. The molecular weight excluding hydrogens is 291 g/mol. The molecule has 4 nitrogen and oxygen atoms in total. The highest BCUT2D eigenvalue weighted by molar-refractivity contribution is 6.53. The molecule has 0 unspecified atom stereocenters. The van der Waals surface area contributed by atoms with Crippen molar-refractivity contribution < 1.29 is 18.9 Å². The van der Waals surface area contributed by atoms with Gasteiger partial charge in [-0.15, -0.1) is 0 Å². The Labute approximate surface area is 138 Å². The van der Waals surface area contributed by atoms with Crippen LogP contribution in [0.2, 0.25) is 0 Å². The molecule has 0 bridgehead atoms. The van der Waals surface area contributed by atoms with Crippen LogP contribution in [-0.4, -0.2) is 30.9 Å². The Bertz CT molecular complexity index is 552. The lowest BCUT2D eigenvalue weighted by Crippen LogP contribution is -2.41. The predicted molar refractivity (Wildman–Crippen MR) is 90.7 cm³/mol. The lowest BCUT2D eigenvalue weighted by molar-refractivity contribution is -0.138. The third-order valence-electron chi connectivity index (χ3n) is 3.78. The fourth-order valence-corrected chi connectivity index (χ4v) is 2.40. The standard InChI is InChI=1S/C18H23BO4/c1-12(2)15(20)17-18(16(21)13(3)4)23-19(22-17)11-10-14-8-6-5-7-9-14/h5-13,17-18H,1-4H3/b11-10+/t17-,18-/m0/s1. The monoisotopic (exact) mass is 314 g/mol. The topological polar surface area (TPSA) is 52.6 Å². The molecule has 0 N–H and O–H groups in total. The molecule has 5 heteroatoms. The van der Waals surface area contributed by atoms with Crippen LogP contribution >= 0.6 is 0 Å². The zero-order chi connectivity index (χ0) is 17.0. The van der Waals surface area contributed by atoms with Crippen LogP contribution in [0.1, 0.15) is 33.3 Å². The molecule has 0 amide bonds. The van der Waals surface area contributed by atoms with Gasteiger partial charge in [0.05, 0.1) is 0 Å². The van der Waals surface area contributed by atoms with Gasteiger partial charge in [0, 0.05) is 11.8 Å². The van der Waals surface area contributed by atoms with E-state index in [9.17, 15) is 9.59 Å². The van der Waals surface area contributed by atoms with E-state index in [1.165, 1.54) is 0 Å². The van der Waals surface area contributed by atoms with Gasteiger partial charge >= 0.3 is 7.12 Å². The van der Waals surface area contributed by atoms with E-state index in [2.05, 4.69) is 0 Å². The summed E-state index contributed by atoms with van der Waals surface area (Å²) in [6.07, 6.45) is 0.217. The average molecular weight is 314 g/mol. The number of hydrogen-bond donors (Lipinski definition) is 0. The highest BCUT2D eigenvalue weighted by Crippen LogP contribution is 2.24. The zero-order valence-corrected chi connectivity index (χ0v) is 14.1. The molecular formula is C18H23BO4. The number of carbonyl (C=O) groups excluding carboxylic acids is 2. The summed E-state index contributed by atoms with van der Waals surface area (Å²) < 4.78 is 11.4. The normalized spacial score (nSPS) is 21.6. The maximum atomic E-state index is 12.3. The summed E-state index contributed by atoms with van der Waals surface area (Å²) in [5, 5.41) is 0. The van der Waals surface area contributed by atoms with Gasteiger partial charge in [0.2, 0.25) is 0 Å². The average Bonchev–Trinajstić information content (AvgIpc) is 2.96. The fourth-order valence-electron chi connectivity index (χ4n) is 2.40. The molecule has 1 aromatic rings. The summed E-state index contributed by atoms with van der Waals surface area (Å²) in [6, 6.07) is 9.73. The Morgan fingerprint density at radius 2 is 1.43 bits per heavy atom. The quantitative estimate of drug-likeness (QED) is 0.758. The molecule has 2 atom stereocenters. The van der Waals surface area contributed by atoms with Crippen molar-refractivity contribution in [3.63, 3.8) is 0 Å². The summed E-state index contributed by atoms with van der Waals surface area (Å²) in [6.45, 7) is 7.21. The maximum Gasteiger partial charge on any atom is 0.487 e. The molecule has 0 aromatic heterocycles. The first-order chi connectivity index (χ1) is 10.9. The van der Waals surface area contributed by atoms with Gasteiger partial charge < -0.3 is 9.31 Å². The summed E-state index contributed by atoms with van der Waals surface area (Å²) in [4.78, 5) is 24.6. The van der Waals surface area contributed by atoms with Crippen LogP contribution in [0, 0.1) is 11.8 Å². The van der Waals surface area contributed by atoms with Crippen molar-refractivity contribution in [1.82, 2.24) is 0 Å². The van der Waals surface area contributed by atoms with Gasteiger partial charge in [0.15, 0.2) is 11.6 Å². The number of hydrogen-bond acceptors (Lipinski definition) is 4. The van der Waals surface area contributed by atoms with Crippen molar-refractivity contribution >= 4 is 24.8 Å². The Balaban J connectivity index is 2.14. The number of rotatable bonds is 6. The number of Topliss-reactive ketones (excluding diaryl/α,β-unsaturated/α-hetero) is 2. The number of benzene rings is 1. The van der Waals surface area contributed by atoms with Crippen molar-refractivity contribution in [2.24, 2.45) is 11.8 Å². The molecule has 0 radical (unpaired) electrons. The molecule has 1 saturated heterocycles. The van der Waals surface area contributed by atoms with Crippen LogP contribution < -0.4 is 0 Å². The van der Waals surface area contributed by atoms with Gasteiger partial charge in [-0.2, -0.15) is 0 Å². The van der Waals surface area contributed by atoms with Gasteiger partial charge in [-0.25, -0.2) is 0 Å². The Morgan fingerprint density at radius 3 is 1.87 bits per heavy atom. The smallest absolute Gasteiger partial charge is 0.395 e. The second kappa shape index (κ2) is 7.71. The van der Waals surface area contributed by atoms with Crippen LogP contribution in [-0.2, 0) is 18.9 Å². The second-order valence-electron chi connectivity index (χ2n) is 6.37. The predicted octanol–water partition coefficient (Wildman–Crippen LogP) is 2.96. The minimum Gasteiger partial charge on any atom is -0.395 e. The molecule has 1 fully saturated rings. The summed E-state index contributed by atoms with van der Waals surface area (Å²) >= 11 is 0. The molecule has 0 spiro atoms. The molecule has 1 aliphatic rings. The molecule has 122 valence electrons. The van der Waals surface area contributed by atoms with Gasteiger partial charge in [0.1, 0.15) is 12.2 Å². The first-order valence-electron chi connectivity index (χ1n) is 8.01. The minimum atomic E-state index is -0.824. The van der Waals surface area contributed by atoms with E-state index >= 15 is 0 Å². The Hall–Kier alpha value is -1.72. The summed E-state index contributed by atoms with van der Waals surface area (Å²) in [5.74, 6) is 1.13. The molecule has 23 heavy (non-hydrogen) atoms. The SMILES string of the molecule is CC(C)C(=O)[C@@H]1OB(/C=C/c2ccccc2)O[C@H]1C(=O)C(C)C. The van der Waals surface area contributed by atoms with E-state index in [0.29, 0.717) is 0 Å². The third kappa shape index (κ3) is 4.39. The first kappa shape index (κ1) is 17.6. The largest absolute Gasteiger partial charge is 0.487 e. The van der Waals surface area contributed by atoms with Gasteiger partial charge in [-0.05, 0) is 5.56 Å². The van der Waals surface area contributed by atoms with Crippen molar-refractivity contribution in [1.29, 1.82) is 0 Å². The van der Waals surface area contributed by atoms with Gasteiger partial charge in [-0.1, -0.05) is 70.1 Å². The second-order valence-corrected chi connectivity index (χ2v) is 6.37. The van der Waals surface area contributed by atoms with E-state index in [1.54, 1.807) is 33.7 Å². The van der Waals surface area contributed by atoms with Crippen molar-refractivity contribution in [3.05, 3.63) is 41.9 Å².